The van der Waals surface area contributed by atoms with E-state index in [4.69, 9.17) is 5.11 Å². The Morgan fingerprint density at radius 3 is 2.71 bits per heavy atom. The summed E-state index contributed by atoms with van der Waals surface area (Å²) >= 11 is 0. The molecule has 0 saturated carbocycles. The van der Waals surface area contributed by atoms with Gasteiger partial charge in [-0.2, -0.15) is 5.10 Å². The lowest BCUT2D eigenvalue weighted by atomic mass is 10.1. The molecule has 0 radical (unpaired) electrons. The van der Waals surface area contributed by atoms with Crippen molar-refractivity contribution in [2.75, 3.05) is 0 Å². The van der Waals surface area contributed by atoms with Crippen molar-refractivity contribution in [2.45, 2.75) is 0 Å². The largest absolute Gasteiger partial charge is 0.477 e. The lowest BCUT2D eigenvalue weighted by molar-refractivity contribution is 0.0690. The van der Waals surface area contributed by atoms with E-state index in [-0.39, 0.29) is 11.4 Å². The minimum Gasteiger partial charge on any atom is -0.477 e. The third kappa shape index (κ3) is 2.25. The normalized spacial score (nSPS) is 10.7. The van der Waals surface area contributed by atoms with Crippen LogP contribution in [0.2, 0.25) is 0 Å². The van der Waals surface area contributed by atoms with E-state index in [0.29, 0.717) is 11.4 Å². The number of carbonyl (C=O) groups is 1. The van der Waals surface area contributed by atoms with E-state index >= 15 is 0 Å². The standard InChI is InChI=1S/C14H12N4O3/c1-17-5-6-18(14(17)21)10-4-2-3-9(7-10)11-8-12(13(19)20)16-15-11/h2-8H,1H3,(H,15,16)(H,19,20). The Balaban J connectivity index is 2.05. The molecule has 7 nitrogen and oxygen atoms in total. The summed E-state index contributed by atoms with van der Waals surface area (Å²) in [4.78, 5) is 22.8. The first-order chi connectivity index (χ1) is 10.1. The molecule has 0 bridgehead atoms. The lowest BCUT2D eigenvalue weighted by Gasteiger charge is -2.03. The summed E-state index contributed by atoms with van der Waals surface area (Å²) in [5.41, 5.74) is 1.80. The Morgan fingerprint density at radius 1 is 1.29 bits per heavy atom. The van der Waals surface area contributed by atoms with E-state index in [2.05, 4.69) is 10.2 Å². The Bertz CT molecular complexity index is 872. The number of rotatable bonds is 3. The average Bonchev–Trinajstić information content (AvgIpc) is 3.08. The van der Waals surface area contributed by atoms with E-state index in [0.717, 1.165) is 5.56 Å². The van der Waals surface area contributed by atoms with Crippen molar-refractivity contribution in [3.8, 4) is 16.9 Å². The minimum absolute atomic E-state index is 0.0206. The molecule has 3 rings (SSSR count). The topological polar surface area (TPSA) is 92.9 Å². The Labute approximate surface area is 119 Å². The third-order valence-corrected chi connectivity index (χ3v) is 3.18. The van der Waals surface area contributed by atoms with Gasteiger partial charge in [-0.1, -0.05) is 12.1 Å². The maximum absolute atomic E-state index is 11.9. The van der Waals surface area contributed by atoms with Crippen LogP contribution in [0.3, 0.4) is 0 Å². The van der Waals surface area contributed by atoms with Gasteiger partial charge in [-0.05, 0) is 18.2 Å². The van der Waals surface area contributed by atoms with Gasteiger partial charge in [0.1, 0.15) is 5.69 Å². The number of carboxylic acid groups (broad SMARTS) is 1. The molecule has 21 heavy (non-hydrogen) atoms. The number of nitrogens with one attached hydrogen (secondary N) is 1. The molecule has 0 amide bonds. The molecular formula is C14H12N4O3. The second kappa shape index (κ2) is 4.78. The number of aryl methyl sites for hydroxylation is 1. The van der Waals surface area contributed by atoms with E-state index in [9.17, 15) is 9.59 Å². The fourth-order valence-electron chi connectivity index (χ4n) is 2.05. The highest BCUT2D eigenvalue weighted by Crippen LogP contribution is 2.20. The maximum Gasteiger partial charge on any atom is 0.353 e. The van der Waals surface area contributed by atoms with Crippen LogP contribution in [0, 0.1) is 0 Å². The van der Waals surface area contributed by atoms with Gasteiger partial charge >= 0.3 is 11.7 Å². The van der Waals surface area contributed by atoms with Crippen molar-refractivity contribution in [2.24, 2.45) is 7.05 Å². The number of nitrogens with zero attached hydrogens (tertiary/aromatic N) is 3. The SMILES string of the molecule is Cn1ccn(-c2cccc(-c3cc(C(=O)O)[nH]n3)c2)c1=O. The van der Waals surface area contributed by atoms with Gasteiger partial charge in [0.25, 0.3) is 0 Å². The van der Waals surface area contributed by atoms with Crippen LogP contribution >= 0.6 is 0 Å². The summed E-state index contributed by atoms with van der Waals surface area (Å²) < 4.78 is 2.98. The fourth-order valence-corrected chi connectivity index (χ4v) is 2.05. The number of H-pyrrole nitrogens is 1. The molecule has 0 aliphatic rings. The Morgan fingerprint density at radius 2 is 2.10 bits per heavy atom. The molecule has 2 N–H and O–H groups in total. The van der Waals surface area contributed by atoms with Crippen LogP contribution in [-0.2, 0) is 7.05 Å². The Kier molecular flexibility index (Phi) is 2.94. The monoisotopic (exact) mass is 284 g/mol. The van der Waals surface area contributed by atoms with Crippen molar-refractivity contribution >= 4 is 5.97 Å². The first-order valence-corrected chi connectivity index (χ1v) is 6.20. The van der Waals surface area contributed by atoms with E-state index in [1.165, 1.54) is 15.2 Å². The summed E-state index contributed by atoms with van der Waals surface area (Å²) in [6.45, 7) is 0. The molecule has 2 heterocycles. The van der Waals surface area contributed by atoms with Gasteiger partial charge in [-0.15, -0.1) is 0 Å². The highest BCUT2D eigenvalue weighted by atomic mass is 16.4. The molecule has 0 fully saturated rings. The summed E-state index contributed by atoms with van der Waals surface area (Å²) in [5, 5.41) is 15.3. The van der Waals surface area contributed by atoms with Crippen LogP contribution in [0.1, 0.15) is 10.5 Å². The zero-order valence-electron chi connectivity index (χ0n) is 11.1. The molecule has 0 unspecified atom stereocenters. The van der Waals surface area contributed by atoms with Crippen molar-refractivity contribution < 1.29 is 9.90 Å². The molecule has 2 aromatic heterocycles. The van der Waals surface area contributed by atoms with E-state index < -0.39 is 5.97 Å². The lowest BCUT2D eigenvalue weighted by Crippen LogP contribution is -2.20. The number of hydrogen-bond donors (Lipinski definition) is 2. The summed E-state index contributed by atoms with van der Waals surface area (Å²) in [7, 11) is 1.68. The molecule has 0 aliphatic carbocycles. The second-order valence-corrected chi connectivity index (χ2v) is 4.58. The molecule has 106 valence electrons. The molecule has 0 atom stereocenters. The number of benzene rings is 1. The first-order valence-electron chi connectivity index (χ1n) is 6.20. The van der Waals surface area contributed by atoms with Crippen molar-refractivity contribution in [1.82, 2.24) is 19.3 Å². The average molecular weight is 284 g/mol. The van der Waals surface area contributed by atoms with Crippen LogP contribution < -0.4 is 5.69 Å². The molecule has 3 aromatic rings. The minimum atomic E-state index is -1.07. The van der Waals surface area contributed by atoms with Gasteiger partial charge in [-0.3, -0.25) is 9.67 Å². The zero-order valence-corrected chi connectivity index (χ0v) is 11.1. The quantitative estimate of drug-likeness (QED) is 0.757. The number of hydrogen-bond acceptors (Lipinski definition) is 3. The van der Waals surface area contributed by atoms with E-state index in [1.54, 1.807) is 43.7 Å². The molecule has 0 saturated heterocycles. The van der Waals surface area contributed by atoms with Crippen molar-refractivity contribution in [3.63, 3.8) is 0 Å². The zero-order chi connectivity index (χ0) is 15.0. The highest BCUT2D eigenvalue weighted by Gasteiger charge is 2.10. The van der Waals surface area contributed by atoms with E-state index in [1.807, 2.05) is 0 Å². The van der Waals surface area contributed by atoms with Crippen molar-refractivity contribution in [1.29, 1.82) is 0 Å². The van der Waals surface area contributed by atoms with Gasteiger partial charge in [0, 0.05) is 25.0 Å². The maximum atomic E-state index is 11.9. The Hall–Kier alpha value is -3.09. The van der Waals surface area contributed by atoms with Crippen molar-refractivity contribution in [3.05, 3.63) is 58.9 Å². The second-order valence-electron chi connectivity index (χ2n) is 4.58. The predicted octanol–water partition coefficient (Wildman–Crippen LogP) is 1.26. The summed E-state index contributed by atoms with van der Waals surface area (Å²) in [6, 6.07) is 8.63. The predicted molar refractivity (Wildman–Crippen MR) is 75.6 cm³/mol. The number of aromatic nitrogens is 4. The van der Waals surface area contributed by atoms with Crippen LogP contribution in [-0.4, -0.2) is 30.4 Å². The van der Waals surface area contributed by atoms with Gasteiger partial charge < -0.3 is 9.67 Å². The number of aromatic carboxylic acids is 1. The van der Waals surface area contributed by atoms with Crippen LogP contribution in [0.15, 0.2) is 47.5 Å². The van der Waals surface area contributed by atoms with Crippen LogP contribution in [0.4, 0.5) is 0 Å². The van der Waals surface area contributed by atoms with Gasteiger partial charge in [-0.25, -0.2) is 9.59 Å². The first kappa shape index (κ1) is 12.9. The number of imidazole rings is 1. The third-order valence-electron chi connectivity index (χ3n) is 3.18. The number of carboxylic acids is 1. The molecular weight excluding hydrogens is 272 g/mol. The van der Waals surface area contributed by atoms with Crippen LogP contribution in [0.25, 0.3) is 16.9 Å². The van der Waals surface area contributed by atoms with Gasteiger partial charge in [0.05, 0.1) is 11.4 Å². The smallest absolute Gasteiger partial charge is 0.353 e. The van der Waals surface area contributed by atoms with Gasteiger partial charge in [0.15, 0.2) is 0 Å². The fraction of sp³-hybridized carbons (Fsp3) is 0.0714. The summed E-state index contributed by atoms with van der Waals surface area (Å²) in [5.74, 6) is -1.07. The van der Waals surface area contributed by atoms with Crippen LogP contribution in [0.5, 0.6) is 0 Å². The molecule has 0 aliphatic heterocycles. The molecule has 1 aromatic carbocycles. The van der Waals surface area contributed by atoms with Gasteiger partial charge in [0.2, 0.25) is 0 Å². The molecule has 7 heteroatoms. The molecule has 0 spiro atoms. The highest BCUT2D eigenvalue weighted by molar-refractivity contribution is 5.86. The number of aromatic amines is 1. The summed E-state index contributed by atoms with van der Waals surface area (Å²) in [6.07, 6.45) is 3.35.